The maximum atomic E-state index is 10.5. The molecule has 1 unspecified atom stereocenters. The van der Waals surface area contributed by atoms with E-state index in [1.54, 1.807) is 13.8 Å². The van der Waals surface area contributed by atoms with E-state index in [2.05, 4.69) is 9.97 Å². The van der Waals surface area contributed by atoms with Gasteiger partial charge in [0, 0.05) is 13.8 Å². The van der Waals surface area contributed by atoms with Gasteiger partial charge in [-0.2, -0.15) is 0 Å². The molecule has 13 heteroatoms. The van der Waals surface area contributed by atoms with E-state index < -0.39 is 16.0 Å². The highest BCUT2D eigenvalue weighted by molar-refractivity contribution is 6.18. The molecule has 0 aliphatic heterocycles. The summed E-state index contributed by atoms with van der Waals surface area (Å²) in [7, 11) is 0. The van der Waals surface area contributed by atoms with Crippen LogP contribution in [0, 0.1) is 34.1 Å². The van der Waals surface area contributed by atoms with Gasteiger partial charge >= 0.3 is 11.6 Å². The minimum Gasteiger partial charge on any atom is -0.392 e. The third kappa shape index (κ3) is 5.47. The molecule has 2 heterocycles. The highest BCUT2D eigenvalue weighted by Crippen LogP contribution is 2.14. The number of aliphatic hydroxyl groups is 2. The van der Waals surface area contributed by atoms with Crippen molar-refractivity contribution in [2.45, 2.75) is 33.0 Å². The summed E-state index contributed by atoms with van der Waals surface area (Å²) in [6.07, 6.45) is 1.55. The number of rotatable bonds is 7. The molecule has 0 saturated heterocycles. The van der Waals surface area contributed by atoms with E-state index in [1.165, 1.54) is 15.3 Å². The summed E-state index contributed by atoms with van der Waals surface area (Å²) in [4.78, 5) is 27.4. The first-order valence-corrected chi connectivity index (χ1v) is 7.94. The van der Waals surface area contributed by atoms with Gasteiger partial charge in [-0.05, 0) is 9.85 Å². The Balaban J connectivity index is 0.000000263. The fourth-order valence-corrected chi connectivity index (χ4v) is 2.16. The van der Waals surface area contributed by atoms with E-state index in [0.29, 0.717) is 11.6 Å². The first kappa shape index (κ1) is 21.5. The first-order valence-electron chi connectivity index (χ1n) is 7.40. The van der Waals surface area contributed by atoms with Gasteiger partial charge in [-0.25, -0.2) is 19.1 Å². The number of halogens is 1. The Bertz CT molecular complexity index is 760. The molecule has 144 valence electrons. The van der Waals surface area contributed by atoms with Crippen molar-refractivity contribution in [3.63, 3.8) is 0 Å². The number of alkyl halides is 1. The van der Waals surface area contributed by atoms with Gasteiger partial charge in [-0.3, -0.25) is 0 Å². The smallest absolute Gasteiger partial charge is 0.342 e. The summed E-state index contributed by atoms with van der Waals surface area (Å²) in [5, 5.41) is 38.8. The molecule has 2 N–H and O–H groups in total. The molecule has 2 aromatic rings. The van der Waals surface area contributed by atoms with Crippen molar-refractivity contribution in [1.82, 2.24) is 19.1 Å². The number of nitro groups is 2. The molecule has 12 nitrogen and oxygen atoms in total. The second-order valence-corrected chi connectivity index (χ2v) is 5.44. The standard InChI is InChI=1S/C7H10ClN3O3.C6H9N3O3/c1-5-9-3-7(11(13)14)10(5)4-6(12)2-8;1-5-7-4-6(9(11)12)8(5)2-3-10/h3,6,12H,2,4H2,1H3;4,10H,2-3H2,1H3. The van der Waals surface area contributed by atoms with Gasteiger partial charge in [0.25, 0.3) is 0 Å². The molecule has 0 saturated carbocycles. The molecule has 26 heavy (non-hydrogen) atoms. The highest BCUT2D eigenvalue weighted by atomic mass is 35.5. The molecule has 0 fully saturated rings. The summed E-state index contributed by atoms with van der Waals surface area (Å²) in [6.45, 7) is 3.46. The zero-order valence-electron chi connectivity index (χ0n) is 14.1. The van der Waals surface area contributed by atoms with Crippen molar-refractivity contribution in [2.75, 3.05) is 12.5 Å². The fraction of sp³-hybridized carbons (Fsp3) is 0.538. The van der Waals surface area contributed by atoms with Crippen molar-refractivity contribution in [2.24, 2.45) is 0 Å². The predicted molar refractivity (Wildman–Crippen MR) is 91.0 cm³/mol. The monoisotopic (exact) mass is 390 g/mol. The van der Waals surface area contributed by atoms with Gasteiger partial charge in [-0.15, -0.1) is 11.6 Å². The van der Waals surface area contributed by atoms with Crippen molar-refractivity contribution in [1.29, 1.82) is 0 Å². The average Bonchev–Trinajstić information content (AvgIpc) is 3.12. The molecule has 0 amide bonds. The van der Waals surface area contributed by atoms with Crippen LogP contribution in [-0.4, -0.2) is 57.8 Å². The lowest BCUT2D eigenvalue weighted by Gasteiger charge is -2.06. The Morgan fingerprint density at radius 1 is 1.12 bits per heavy atom. The molecule has 0 bridgehead atoms. The SMILES string of the molecule is Cc1ncc([N+](=O)[O-])n1CC(O)CCl.Cc1ncc([N+](=O)[O-])n1CCO. The lowest BCUT2D eigenvalue weighted by atomic mass is 10.4. The molecule has 0 aliphatic carbocycles. The molecule has 2 aromatic heterocycles. The lowest BCUT2D eigenvalue weighted by Crippen LogP contribution is -2.19. The van der Waals surface area contributed by atoms with Crippen molar-refractivity contribution in [3.05, 3.63) is 44.3 Å². The summed E-state index contributed by atoms with van der Waals surface area (Å²) < 4.78 is 2.69. The van der Waals surface area contributed by atoms with E-state index in [0.717, 1.165) is 6.20 Å². The van der Waals surface area contributed by atoms with Crippen LogP contribution < -0.4 is 0 Å². The normalized spacial score (nSPS) is 11.6. The molecule has 2 rings (SSSR count). The fourth-order valence-electron chi connectivity index (χ4n) is 2.07. The number of imidazole rings is 2. The Kier molecular flexibility index (Phi) is 8.09. The van der Waals surface area contributed by atoms with Crippen LogP contribution in [0.25, 0.3) is 0 Å². The number of aryl methyl sites for hydroxylation is 2. The average molecular weight is 391 g/mol. The van der Waals surface area contributed by atoms with Gasteiger partial charge in [0.15, 0.2) is 11.6 Å². The third-order valence-corrected chi connectivity index (χ3v) is 3.69. The lowest BCUT2D eigenvalue weighted by molar-refractivity contribution is -0.392. The number of aromatic nitrogens is 4. The van der Waals surface area contributed by atoms with Crippen LogP contribution in [0.15, 0.2) is 12.4 Å². The van der Waals surface area contributed by atoms with E-state index in [4.69, 9.17) is 16.7 Å². The maximum Gasteiger partial charge on any atom is 0.342 e. The van der Waals surface area contributed by atoms with E-state index in [-0.39, 0.29) is 37.2 Å². The van der Waals surface area contributed by atoms with Gasteiger partial charge in [0.1, 0.15) is 31.6 Å². The summed E-state index contributed by atoms with van der Waals surface area (Å²) >= 11 is 5.40. The Labute approximate surface area is 153 Å². The first-order chi connectivity index (χ1) is 12.2. The molecular formula is C13H19ClN6O6. The predicted octanol–water partition coefficient (Wildman–Crippen LogP) is 0.791. The van der Waals surface area contributed by atoms with Crippen LogP contribution in [0.3, 0.4) is 0 Å². The Hall–Kier alpha value is -2.57. The van der Waals surface area contributed by atoms with Crippen LogP contribution in [0.2, 0.25) is 0 Å². The van der Waals surface area contributed by atoms with Gasteiger partial charge in [0.05, 0.1) is 12.5 Å². The topological polar surface area (TPSA) is 162 Å². The molecule has 0 aromatic carbocycles. The van der Waals surface area contributed by atoms with Crippen molar-refractivity contribution < 1.29 is 20.1 Å². The summed E-state index contributed by atoms with van der Waals surface area (Å²) in [6, 6.07) is 0. The van der Waals surface area contributed by atoms with Gasteiger partial charge in [-0.1, -0.05) is 0 Å². The molecular weight excluding hydrogens is 372 g/mol. The zero-order chi connectivity index (χ0) is 19.9. The minimum absolute atomic E-state index is 0.0365. The summed E-state index contributed by atoms with van der Waals surface area (Å²) in [5.41, 5.74) is 0. The quantitative estimate of drug-likeness (QED) is 0.398. The molecule has 0 spiro atoms. The minimum atomic E-state index is -0.803. The highest BCUT2D eigenvalue weighted by Gasteiger charge is 2.19. The van der Waals surface area contributed by atoms with Gasteiger partial charge in [0.2, 0.25) is 0 Å². The van der Waals surface area contributed by atoms with Crippen molar-refractivity contribution in [3.8, 4) is 0 Å². The zero-order valence-corrected chi connectivity index (χ0v) is 14.9. The molecule has 1 atom stereocenters. The van der Waals surface area contributed by atoms with E-state index >= 15 is 0 Å². The van der Waals surface area contributed by atoms with Gasteiger partial charge < -0.3 is 30.4 Å². The van der Waals surface area contributed by atoms with Crippen LogP contribution in [-0.2, 0) is 13.1 Å². The molecule has 0 radical (unpaired) electrons. The number of hydrogen-bond donors (Lipinski definition) is 2. The van der Waals surface area contributed by atoms with Crippen LogP contribution in [0.1, 0.15) is 11.6 Å². The third-order valence-electron chi connectivity index (χ3n) is 3.34. The second-order valence-electron chi connectivity index (χ2n) is 5.14. The van der Waals surface area contributed by atoms with Crippen molar-refractivity contribution >= 4 is 23.2 Å². The number of hydrogen-bond acceptors (Lipinski definition) is 8. The number of nitrogens with zero attached hydrogens (tertiary/aromatic N) is 6. The maximum absolute atomic E-state index is 10.5. The molecule has 0 aliphatic rings. The van der Waals surface area contributed by atoms with Crippen LogP contribution in [0.5, 0.6) is 0 Å². The number of aliphatic hydroxyl groups excluding tert-OH is 2. The Morgan fingerprint density at radius 2 is 1.58 bits per heavy atom. The van der Waals surface area contributed by atoms with E-state index in [9.17, 15) is 25.3 Å². The van der Waals surface area contributed by atoms with Crippen LogP contribution in [0.4, 0.5) is 11.6 Å². The van der Waals surface area contributed by atoms with Crippen LogP contribution >= 0.6 is 11.6 Å². The largest absolute Gasteiger partial charge is 0.392 e. The Morgan fingerprint density at radius 3 is 2.00 bits per heavy atom. The summed E-state index contributed by atoms with van der Waals surface area (Å²) in [5.74, 6) is 0.847. The second kappa shape index (κ2) is 9.79. The van der Waals surface area contributed by atoms with E-state index in [1.807, 2.05) is 0 Å².